The Morgan fingerprint density at radius 3 is 2.46 bits per heavy atom. The number of phenols is 1. The number of rotatable bonds is 2. The zero-order valence-corrected chi connectivity index (χ0v) is 13.5. The van der Waals surface area contributed by atoms with Gasteiger partial charge in [-0.25, -0.2) is 10.0 Å². The van der Waals surface area contributed by atoms with Crippen molar-refractivity contribution in [1.82, 2.24) is 0 Å². The third-order valence-corrected chi connectivity index (χ3v) is 3.71. The predicted molar refractivity (Wildman–Crippen MR) is 94.5 cm³/mol. The van der Waals surface area contributed by atoms with Gasteiger partial charge in [-0.1, -0.05) is 18.2 Å². The maximum Gasteiger partial charge on any atom is 0.437 e. The molecule has 0 bridgehead atoms. The Morgan fingerprint density at radius 2 is 1.85 bits per heavy atom. The van der Waals surface area contributed by atoms with E-state index < -0.39 is 23.4 Å². The Morgan fingerprint density at radius 1 is 1.19 bits per heavy atom. The average Bonchev–Trinajstić information content (AvgIpc) is 2.90. The fraction of sp³-hybridized carbons (Fsp3) is 0.118. The molecule has 6 nitrogen and oxygen atoms in total. The van der Waals surface area contributed by atoms with Gasteiger partial charge in [0.15, 0.2) is 11.5 Å². The molecule has 2 aromatic rings. The van der Waals surface area contributed by atoms with Crippen molar-refractivity contribution in [2.24, 2.45) is 10.1 Å². The van der Waals surface area contributed by atoms with Crippen molar-refractivity contribution in [3.05, 3.63) is 48.0 Å². The van der Waals surface area contributed by atoms with E-state index in [9.17, 15) is 18.3 Å². The van der Waals surface area contributed by atoms with Gasteiger partial charge in [-0.15, -0.1) is 0 Å². The van der Waals surface area contributed by atoms with E-state index in [-0.39, 0.29) is 17.1 Å². The van der Waals surface area contributed by atoms with Crippen molar-refractivity contribution < 1.29 is 18.3 Å². The van der Waals surface area contributed by atoms with Gasteiger partial charge < -0.3 is 10.8 Å². The van der Waals surface area contributed by atoms with Crippen molar-refractivity contribution in [2.75, 3.05) is 10.7 Å². The van der Waals surface area contributed by atoms with E-state index in [0.29, 0.717) is 11.3 Å². The molecule has 0 saturated heterocycles. The van der Waals surface area contributed by atoms with E-state index in [2.05, 4.69) is 10.1 Å². The first-order valence-electron chi connectivity index (χ1n) is 7.46. The molecular weight excluding hydrogens is 347 g/mol. The standard InChI is InChI=1S/C17H14F3N5O/c1-9-7-12(11(21)8-13(9)26)23-14-15(17(18,19)20)24-25(16(14)22)10-5-3-2-4-6-10/h2-8,22,26H,21H2,1H3. The van der Waals surface area contributed by atoms with Gasteiger partial charge >= 0.3 is 6.18 Å². The number of aliphatic imine (C=N–C) groups is 1. The number of hydrogen-bond acceptors (Lipinski definition) is 5. The number of nitrogen functional groups attached to an aromatic ring is 1. The Kier molecular flexibility index (Phi) is 4.15. The molecule has 0 fully saturated rings. The lowest BCUT2D eigenvalue weighted by molar-refractivity contribution is -0.0565. The number of phenolic OH excluding ortho intramolecular Hbond substituents is 1. The molecule has 0 atom stereocenters. The molecule has 134 valence electrons. The minimum Gasteiger partial charge on any atom is -0.508 e. The summed E-state index contributed by atoms with van der Waals surface area (Å²) >= 11 is 0. The third-order valence-electron chi connectivity index (χ3n) is 3.71. The van der Waals surface area contributed by atoms with Crippen molar-refractivity contribution in [3.63, 3.8) is 0 Å². The molecule has 4 N–H and O–H groups in total. The molecule has 3 rings (SSSR count). The number of benzene rings is 2. The molecule has 0 saturated carbocycles. The highest BCUT2D eigenvalue weighted by Crippen LogP contribution is 2.33. The zero-order chi connectivity index (χ0) is 19.1. The summed E-state index contributed by atoms with van der Waals surface area (Å²) in [5.74, 6) is -0.614. The number of halogens is 3. The van der Waals surface area contributed by atoms with Crippen LogP contribution in [0.3, 0.4) is 0 Å². The van der Waals surface area contributed by atoms with Crippen molar-refractivity contribution >= 4 is 34.3 Å². The first-order chi connectivity index (χ1) is 12.2. The number of aromatic hydroxyl groups is 1. The number of hydrogen-bond donors (Lipinski definition) is 3. The minimum absolute atomic E-state index is 0.00640. The smallest absolute Gasteiger partial charge is 0.437 e. The Labute approximate surface area is 146 Å². The summed E-state index contributed by atoms with van der Waals surface area (Å²) in [6.07, 6.45) is -4.80. The van der Waals surface area contributed by atoms with Gasteiger partial charge in [0.05, 0.1) is 17.1 Å². The van der Waals surface area contributed by atoms with Gasteiger partial charge in [0.1, 0.15) is 11.5 Å². The Hall–Kier alpha value is -3.36. The molecule has 1 heterocycles. The van der Waals surface area contributed by atoms with Crippen LogP contribution in [0.4, 0.5) is 30.2 Å². The van der Waals surface area contributed by atoms with Crippen LogP contribution in [-0.2, 0) is 0 Å². The molecule has 26 heavy (non-hydrogen) atoms. The maximum atomic E-state index is 13.4. The first kappa shape index (κ1) is 17.5. The number of amidine groups is 1. The lowest BCUT2D eigenvalue weighted by Gasteiger charge is -2.13. The molecule has 1 aliphatic rings. The summed E-state index contributed by atoms with van der Waals surface area (Å²) < 4.78 is 40.2. The van der Waals surface area contributed by atoms with E-state index in [0.717, 1.165) is 5.01 Å². The molecule has 0 radical (unpaired) electrons. The van der Waals surface area contributed by atoms with Crippen LogP contribution < -0.4 is 10.7 Å². The van der Waals surface area contributed by atoms with Gasteiger partial charge in [-0.3, -0.25) is 5.41 Å². The SMILES string of the molecule is Cc1cc(N=C2C(=N)N(c3ccccc3)N=C2C(F)(F)F)c(N)cc1O. The quantitative estimate of drug-likeness (QED) is 0.710. The monoisotopic (exact) mass is 361 g/mol. The molecule has 0 aliphatic carbocycles. The third kappa shape index (κ3) is 3.10. The summed E-state index contributed by atoms with van der Waals surface area (Å²) in [7, 11) is 0. The largest absolute Gasteiger partial charge is 0.508 e. The van der Waals surface area contributed by atoms with Crippen LogP contribution in [0.15, 0.2) is 52.6 Å². The van der Waals surface area contributed by atoms with Crippen molar-refractivity contribution in [3.8, 4) is 5.75 Å². The molecule has 0 amide bonds. The summed E-state index contributed by atoms with van der Waals surface area (Å²) in [5.41, 5.74) is 4.54. The fourth-order valence-corrected chi connectivity index (χ4v) is 2.38. The topological polar surface area (TPSA) is 98.1 Å². The fourth-order valence-electron chi connectivity index (χ4n) is 2.38. The van der Waals surface area contributed by atoms with E-state index >= 15 is 0 Å². The molecule has 2 aromatic carbocycles. The van der Waals surface area contributed by atoms with E-state index in [1.54, 1.807) is 25.1 Å². The highest BCUT2D eigenvalue weighted by atomic mass is 19.4. The lowest BCUT2D eigenvalue weighted by atomic mass is 10.1. The van der Waals surface area contributed by atoms with Gasteiger partial charge in [-0.05, 0) is 30.7 Å². The molecule has 0 aromatic heterocycles. The molecule has 9 heteroatoms. The second-order valence-corrected chi connectivity index (χ2v) is 5.60. The average molecular weight is 361 g/mol. The number of aryl methyl sites for hydroxylation is 1. The summed E-state index contributed by atoms with van der Waals surface area (Å²) in [4.78, 5) is 3.93. The van der Waals surface area contributed by atoms with Crippen LogP contribution in [0.2, 0.25) is 0 Å². The molecule has 1 aliphatic heterocycles. The van der Waals surface area contributed by atoms with Crippen LogP contribution in [0.1, 0.15) is 5.56 Å². The van der Waals surface area contributed by atoms with Crippen LogP contribution in [0, 0.1) is 12.3 Å². The zero-order valence-electron chi connectivity index (χ0n) is 13.5. The predicted octanol–water partition coefficient (Wildman–Crippen LogP) is 3.77. The van der Waals surface area contributed by atoms with Gasteiger partial charge in [-0.2, -0.15) is 18.3 Å². The molecular formula is C17H14F3N5O. The van der Waals surface area contributed by atoms with Crippen molar-refractivity contribution in [1.29, 1.82) is 5.41 Å². The summed E-state index contributed by atoms with van der Waals surface area (Å²) in [5, 5.41) is 22.1. The lowest BCUT2D eigenvalue weighted by Crippen LogP contribution is -2.33. The number of anilines is 2. The van der Waals surface area contributed by atoms with Gasteiger partial charge in [0.2, 0.25) is 0 Å². The molecule has 0 spiro atoms. The van der Waals surface area contributed by atoms with Crippen LogP contribution in [0.25, 0.3) is 0 Å². The van der Waals surface area contributed by atoms with Gasteiger partial charge in [0.25, 0.3) is 0 Å². The van der Waals surface area contributed by atoms with Gasteiger partial charge in [0, 0.05) is 6.07 Å². The van der Waals surface area contributed by atoms with E-state index in [4.69, 9.17) is 11.1 Å². The van der Waals surface area contributed by atoms with Crippen LogP contribution >= 0.6 is 0 Å². The number of hydrazone groups is 1. The Balaban J connectivity index is 2.13. The number of nitrogens with zero attached hydrogens (tertiary/aromatic N) is 3. The Bertz CT molecular complexity index is 935. The van der Waals surface area contributed by atoms with Crippen molar-refractivity contribution in [2.45, 2.75) is 13.1 Å². The number of para-hydroxylation sites is 1. The number of alkyl halides is 3. The number of nitrogens with two attached hydrogens (primary N) is 1. The minimum atomic E-state index is -4.80. The normalized spacial score (nSPS) is 16.3. The highest BCUT2D eigenvalue weighted by molar-refractivity contribution is 6.73. The number of nitrogens with one attached hydrogen (secondary N) is 1. The second kappa shape index (κ2) is 6.17. The molecule has 0 unspecified atom stereocenters. The first-order valence-corrected chi connectivity index (χ1v) is 7.46. The highest BCUT2D eigenvalue weighted by Gasteiger charge is 2.46. The van der Waals surface area contributed by atoms with E-state index in [1.807, 2.05) is 0 Å². The van der Waals surface area contributed by atoms with Crippen LogP contribution in [0.5, 0.6) is 5.75 Å². The van der Waals surface area contributed by atoms with E-state index in [1.165, 1.54) is 24.3 Å². The second-order valence-electron chi connectivity index (χ2n) is 5.60. The van der Waals surface area contributed by atoms with Crippen LogP contribution in [-0.4, -0.2) is 28.5 Å². The summed E-state index contributed by atoms with van der Waals surface area (Å²) in [6, 6.07) is 10.6. The maximum absolute atomic E-state index is 13.4. The summed E-state index contributed by atoms with van der Waals surface area (Å²) in [6.45, 7) is 1.56.